The molecule has 2 fully saturated rings. The van der Waals surface area contributed by atoms with Gasteiger partial charge in [0.25, 0.3) is 0 Å². The third-order valence-corrected chi connectivity index (χ3v) is 3.73. The first-order chi connectivity index (χ1) is 6.24. The van der Waals surface area contributed by atoms with Crippen molar-refractivity contribution < 1.29 is 9.84 Å². The summed E-state index contributed by atoms with van der Waals surface area (Å²) >= 11 is 0. The van der Waals surface area contributed by atoms with E-state index in [-0.39, 0.29) is 18.3 Å². The minimum absolute atomic E-state index is 0.133. The van der Waals surface area contributed by atoms with Gasteiger partial charge in [0.05, 0.1) is 18.3 Å². The van der Waals surface area contributed by atoms with Crippen LogP contribution >= 0.6 is 0 Å². The van der Waals surface area contributed by atoms with E-state index in [1.165, 1.54) is 32.1 Å². The molecule has 13 heavy (non-hydrogen) atoms. The molecule has 0 radical (unpaired) electrons. The summed E-state index contributed by atoms with van der Waals surface area (Å²) in [6.07, 6.45) is 7.40. The summed E-state index contributed by atoms with van der Waals surface area (Å²) in [7, 11) is 0. The zero-order valence-corrected chi connectivity index (χ0v) is 8.46. The Kier molecular flexibility index (Phi) is 2.61. The molecule has 0 bridgehead atoms. The van der Waals surface area contributed by atoms with Crippen molar-refractivity contribution in [2.75, 3.05) is 6.61 Å². The van der Waals surface area contributed by atoms with Crippen LogP contribution in [-0.4, -0.2) is 23.4 Å². The SMILES string of the molecule is CC1CCC2(CC1)CC[C@@H](CO)O2. The van der Waals surface area contributed by atoms with E-state index in [0.29, 0.717) is 0 Å². The summed E-state index contributed by atoms with van der Waals surface area (Å²) in [5, 5.41) is 9.01. The van der Waals surface area contributed by atoms with Crippen molar-refractivity contribution in [1.82, 2.24) is 0 Å². The van der Waals surface area contributed by atoms with Gasteiger partial charge >= 0.3 is 0 Å². The normalized spacial score (nSPS) is 45.7. The average molecular weight is 184 g/mol. The van der Waals surface area contributed by atoms with Gasteiger partial charge in [0.2, 0.25) is 0 Å². The molecule has 0 aromatic carbocycles. The molecule has 0 unspecified atom stereocenters. The van der Waals surface area contributed by atoms with Gasteiger partial charge < -0.3 is 9.84 Å². The lowest BCUT2D eigenvalue weighted by Crippen LogP contribution is -2.34. The first-order valence-electron chi connectivity index (χ1n) is 5.53. The van der Waals surface area contributed by atoms with E-state index in [0.717, 1.165) is 12.3 Å². The van der Waals surface area contributed by atoms with Crippen LogP contribution in [-0.2, 0) is 4.74 Å². The Hall–Kier alpha value is -0.0800. The predicted molar refractivity (Wildman–Crippen MR) is 51.6 cm³/mol. The topological polar surface area (TPSA) is 29.5 Å². The maximum atomic E-state index is 9.01. The van der Waals surface area contributed by atoms with Gasteiger partial charge in [0.15, 0.2) is 0 Å². The zero-order valence-electron chi connectivity index (χ0n) is 8.46. The molecule has 0 amide bonds. The number of rotatable bonds is 1. The van der Waals surface area contributed by atoms with Crippen molar-refractivity contribution in [3.8, 4) is 0 Å². The van der Waals surface area contributed by atoms with Crippen LogP contribution in [0.5, 0.6) is 0 Å². The highest BCUT2D eigenvalue weighted by molar-refractivity contribution is 4.92. The van der Waals surface area contributed by atoms with E-state index in [4.69, 9.17) is 9.84 Å². The summed E-state index contributed by atoms with van der Waals surface area (Å²) in [4.78, 5) is 0. The Morgan fingerprint density at radius 3 is 2.38 bits per heavy atom. The highest BCUT2D eigenvalue weighted by atomic mass is 16.5. The van der Waals surface area contributed by atoms with Crippen molar-refractivity contribution >= 4 is 0 Å². The molecule has 2 heteroatoms. The Morgan fingerprint density at radius 2 is 1.85 bits per heavy atom. The molecule has 1 N–H and O–H groups in total. The van der Waals surface area contributed by atoms with E-state index >= 15 is 0 Å². The first-order valence-corrected chi connectivity index (χ1v) is 5.53. The van der Waals surface area contributed by atoms with Crippen molar-refractivity contribution in [3.05, 3.63) is 0 Å². The molecular formula is C11H20O2. The first kappa shape index (κ1) is 9.47. The van der Waals surface area contributed by atoms with Crippen LogP contribution < -0.4 is 0 Å². The Labute approximate surface area is 80.3 Å². The van der Waals surface area contributed by atoms with Gasteiger partial charge in [-0.2, -0.15) is 0 Å². The number of hydrogen-bond donors (Lipinski definition) is 1. The van der Waals surface area contributed by atoms with Crippen molar-refractivity contribution in [2.24, 2.45) is 5.92 Å². The van der Waals surface area contributed by atoms with Crippen LogP contribution in [0.4, 0.5) is 0 Å². The highest BCUT2D eigenvalue weighted by Crippen LogP contribution is 2.43. The molecule has 1 aliphatic carbocycles. The zero-order chi connectivity index (χ0) is 9.31. The quantitative estimate of drug-likeness (QED) is 0.676. The Balaban J connectivity index is 1.92. The number of aliphatic hydroxyl groups is 1. The Morgan fingerprint density at radius 1 is 1.23 bits per heavy atom. The van der Waals surface area contributed by atoms with Crippen LogP contribution in [0.1, 0.15) is 45.4 Å². The smallest absolute Gasteiger partial charge is 0.0814 e. The lowest BCUT2D eigenvalue weighted by Gasteiger charge is -2.35. The molecule has 1 saturated carbocycles. The molecule has 76 valence electrons. The molecule has 1 spiro atoms. The largest absolute Gasteiger partial charge is 0.394 e. The lowest BCUT2D eigenvalue weighted by atomic mass is 9.78. The van der Waals surface area contributed by atoms with Gasteiger partial charge in [0.1, 0.15) is 0 Å². The van der Waals surface area contributed by atoms with Crippen LogP contribution in [0.25, 0.3) is 0 Å². The summed E-state index contributed by atoms with van der Waals surface area (Å²) in [6, 6.07) is 0. The van der Waals surface area contributed by atoms with Gasteiger partial charge in [-0.25, -0.2) is 0 Å². The summed E-state index contributed by atoms with van der Waals surface area (Å²) in [6.45, 7) is 2.53. The van der Waals surface area contributed by atoms with Gasteiger partial charge in [-0.05, 0) is 44.4 Å². The lowest BCUT2D eigenvalue weighted by molar-refractivity contribution is -0.0834. The van der Waals surface area contributed by atoms with Crippen LogP contribution in [0.15, 0.2) is 0 Å². The summed E-state index contributed by atoms with van der Waals surface area (Å²) < 4.78 is 5.94. The summed E-state index contributed by atoms with van der Waals surface area (Å²) in [5.74, 6) is 0.877. The van der Waals surface area contributed by atoms with Gasteiger partial charge in [-0.15, -0.1) is 0 Å². The molecule has 2 rings (SSSR count). The molecule has 1 heterocycles. The third-order valence-electron chi connectivity index (χ3n) is 3.73. The van der Waals surface area contributed by atoms with Gasteiger partial charge in [-0.1, -0.05) is 6.92 Å². The molecule has 1 saturated heterocycles. The maximum absolute atomic E-state index is 9.01. The molecular weight excluding hydrogens is 164 g/mol. The van der Waals surface area contributed by atoms with Crippen LogP contribution in [0, 0.1) is 5.92 Å². The molecule has 1 atom stereocenters. The fourth-order valence-corrected chi connectivity index (χ4v) is 2.68. The number of aliphatic hydroxyl groups excluding tert-OH is 1. The average Bonchev–Trinajstić information content (AvgIpc) is 2.55. The second-order valence-electron chi connectivity index (χ2n) is 4.83. The third kappa shape index (κ3) is 1.89. The highest BCUT2D eigenvalue weighted by Gasteiger charge is 2.41. The number of ether oxygens (including phenoxy) is 1. The molecule has 2 nitrogen and oxygen atoms in total. The monoisotopic (exact) mass is 184 g/mol. The molecule has 0 aromatic rings. The number of hydrogen-bond acceptors (Lipinski definition) is 2. The minimum atomic E-state index is 0.133. The van der Waals surface area contributed by atoms with Crippen molar-refractivity contribution in [2.45, 2.75) is 57.2 Å². The van der Waals surface area contributed by atoms with Gasteiger partial charge in [0, 0.05) is 0 Å². The second kappa shape index (κ2) is 3.58. The molecule has 2 aliphatic rings. The molecule has 1 aliphatic heterocycles. The van der Waals surface area contributed by atoms with Crippen LogP contribution in [0.3, 0.4) is 0 Å². The fourth-order valence-electron chi connectivity index (χ4n) is 2.68. The van der Waals surface area contributed by atoms with Crippen molar-refractivity contribution in [1.29, 1.82) is 0 Å². The van der Waals surface area contributed by atoms with Gasteiger partial charge in [-0.3, -0.25) is 0 Å². The molecule has 0 aromatic heterocycles. The maximum Gasteiger partial charge on any atom is 0.0814 e. The van der Waals surface area contributed by atoms with E-state index < -0.39 is 0 Å². The van der Waals surface area contributed by atoms with E-state index in [2.05, 4.69) is 6.92 Å². The van der Waals surface area contributed by atoms with E-state index in [1.807, 2.05) is 0 Å². The van der Waals surface area contributed by atoms with E-state index in [1.54, 1.807) is 0 Å². The van der Waals surface area contributed by atoms with Crippen LogP contribution in [0.2, 0.25) is 0 Å². The minimum Gasteiger partial charge on any atom is -0.394 e. The van der Waals surface area contributed by atoms with Crippen molar-refractivity contribution in [3.63, 3.8) is 0 Å². The summed E-state index contributed by atoms with van der Waals surface area (Å²) in [5.41, 5.74) is 0.167. The van der Waals surface area contributed by atoms with E-state index in [9.17, 15) is 0 Å². The Bertz CT molecular complexity index is 171. The predicted octanol–water partition coefficient (Wildman–Crippen LogP) is 2.11. The second-order valence-corrected chi connectivity index (χ2v) is 4.83. The standard InChI is InChI=1S/C11H20O2/c1-9-2-5-11(6-3-9)7-4-10(8-12)13-11/h9-10,12H,2-8H2,1H3/t9?,10-,11?/m0/s1. The fraction of sp³-hybridized carbons (Fsp3) is 1.00.